The summed E-state index contributed by atoms with van der Waals surface area (Å²) in [6.07, 6.45) is 0.436. The maximum absolute atomic E-state index is 6.05. The lowest BCUT2D eigenvalue weighted by atomic mass is 10.0. The average Bonchev–Trinajstić information content (AvgIpc) is 2.46. The van der Waals surface area contributed by atoms with E-state index in [4.69, 9.17) is 19.9 Å². The quantitative estimate of drug-likeness (QED) is 0.897. The number of nitrogens with zero attached hydrogens (tertiary/aromatic N) is 1. The van der Waals surface area contributed by atoms with Crippen molar-refractivity contribution >= 4 is 0 Å². The third kappa shape index (κ3) is 3.87. The maximum Gasteiger partial charge on any atom is 0.122 e. The van der Waals surface area contributed by atoms with Crippen LogP contribution in [-0.2, 0) is 4.74 Å². The van der Waals surface area contributed by atoms with Crippen LogP contribution in [0.5, 0.6) is 11.5 Å². The summed E-state index contributed by atoms with van der Waals surface area (Å²) < 4.78 is 16.5. The fourth-order valence-electron chi connectivity index (χ4n) is 2.99. The summed E-state index contributed by atoms with van der Waals surface area (Å²) in [7, 11) is 3.32. The standard InChI is InChI=1S/C16H26N2O3/c1-11-9-18(10-12(2)21-11)16(8-17)13-5-14(19-3)7-15(6-13)20-4/h5-7,11-12,16H,8-10,17H2,1-4H3/t11-,12-,16+/m1/s1. The fourth-order valence-corrected chi connectivity index (χ4v) is 2.99. The Bertz CT molecular complexity index is 435. The molecule has 1 aliphatic heterocycles. The predicted molar refractivity (Wildman–Crippen MR) is 82.9 cm³/mol. The molecule has 1 aromatic rings. The van der Waals surface area contributed by atoms with Gasteiger partial charge in [0.05, 0.1) is 26.4 Å². The third-order valence-corrected chi connectivity index (χ3v) is 3.87. The van der Waals surface area contributed by atoms with E-state index in [0.717, 1.165) is 30.2 Å². The van der Waals surface area contributed by atoms with Gasteiger partial charge in [-0.1, -0.05) is 0 Å². The van der Waals surface area contributed by atoms with Crippen molar-refractivity contribution < 1.29 is 14.2 Å². The van der Waals surface area contributed by atoms with Crippen LogP contribution < -0.4 is 15.2 Å². The molecule has 2 N–H and O–H groups in total. The van der Waals surface area contributed by atoms with E-state index >= 15 is 0 Å². The van der Waals surface area contributed by atoms with E-state index in [9.17, 15) is 0 Å². The zero-order valence-corrected chi connectivity index (χ0v) is 13.3. The van der Waals surface area contributed by atoms with Crippen LogP contribution in [0.2, 0.25) is 0 Å². The minimum Gasteiger partial charge on any atom is -0.497 e. The zero-order chi connectivity index (χ0) is 15.4. The summed E-state index contributed by atoms with van der Waals surface area (Å²) >= 11 is 0. The van der Waals surface area contributed by atoms with Crippen LogP contribution >= 0.6 is 0 Å². The summed E-state index contributed by atoms with van der Waals surface area (Å²) in [5.41, 5.74) is 7.17. The van der Waals surface area contributed by atoms with Gasteiger partial charge in [-0.3, -0.25) is 4.90 Å². The van der Waals surface area contributed by atoms with Gasteiger partial charge in [0.2, 0.25) is 0 Å². The Morgan fingerprint density at radius 3 is 2.10 bits per heavy atom. The number of nitrogens with two attached hydrogens (primary N) is 1. The Kier molecular flexibility index (Phi) is 5.45. The van der Waals surface area contributed by atoms with Crippen molar-refractivity contribution in [2.24, 2.45) is 5.73 Å². The zero-order valence-electron chi connectivity index (χ0n) is 13.3. The molecule has 0 radical (unpaired) electrons. The highest BCUT2D eigenvalue weighted by Crippen LogP contribution is 2.30. The van der Waals surface area contributed by atoms with Gasteiger partial charge in [0, 0.05) is 31.7 Å². The first-order valence-corrected chi connectivity index (χ1v) is 7.40. The molecule has 21 heavy (non-hydrogen) atoms. The van der Waals surface area contributed by atoms with Gasteiger partial charge in [-0.05, 0) is 31.5 Å². The molecule has 0 amide bonds. The highest BCUT2D eigenvalue weighted by atomic mass is 16.5. The molecule has 0 aromatic heterocycles. The molecule has 3 atom stereocenters. The highest BCUT2D eigenvalue weighted by molar-refractivity contribution is 5.40. The van der Waals surface area contributed by atoms with Crippen LogP contribution in [0.25, 0.3) is 0 Å². The molecule has 2 rings (SSSR count). The normalized spacial score (nSPS) is 24.6. The highest BCUT2D eigenvalue weighted by Gasteiger charge is 2.28. The number of hydrogen-bond acceptors (Lipinski definition) is 5. The second kappa shape index (κ2) is 7.11. The lowest BCUT2D eigenvalue weighted by molar-refractivity contribution is -0.0799. The van der Waals surface area contributed by atoms with Crippen molar-refractivity contribution in [3.8, 4) is 11.5 Å². The van der Waals surface area contributed by atoms with Crippen LogP contribution in [0.3, 0.4) is 0 Å². The number of hydrogen-bond donors (Lipinski definition) is 1. The third-order valence-electron chi connectivity index (χ3n) is 3.87. The second-order valence-electron chi connectivity index (χ2n) is 5.61. The van der Waals surface area contributed by atoms with Crippen molar-refractivity contribution in [1.82, 2.24) is 4.90 Å². The molecular weight excluding hydrogens is 268 g/mol. The van der Waals surface area contributed by atoms with E-state index in [-0.39, 0.29) is 18.2 Å². The lowest BCUT2D eigenvalue weighted by Crippen LogP contribution is -2.48. The maximum atomic E-state index is 6.05. The van der Waals surface area contributed by atoms with Crippen molar-refractivity contribution in [2.45, 2.75) is 32.1 Å². The Morgan fingerprint density at radius 1 is 1.14 bits per heavy atom. The van der Waals surface area contributed by atoms with Crippen LogP contribution in [0.1, 0.15) is 25.5 Å². The summed E-state index contributed by atoms with van der Waals surface area (Å²) in [5.74, 6) is 1.58. The molecule has 0 unspecified atom stereocenters. The van der Waals surface area contributed by atoms with E-state index < -0.39 is 0 Å². The van der Waals surface area contributed by atoms with Gasteiger partial charge in [0.15, 0.2) is 0 Å². The number of morpholine rings is 1. The molecule has 1 aromatic carbocycles. The van der Waals surface area contributed by atoms with Crippen molar-refractivity contribution in [3.63, 3.8) is 0 Å². The van der Waals surface area contributed by atoms with Crippen molar-refractivity contribution in [3.05, 3.63) is 23.8 Å². The van der Waals surface area contributed by atoms with E-state index in [2.05, 4.69) is 18.7 Å². The summed E-state index contributed by atoms with van der Waals surface area (Å²) in [5, 5.41) is 0. The molecule has 0 bridgehead atoms. The smallest absolute Gasteiger partial charge is 0.122 e. The van der Waals surface area contributed by atoms with E-state index in [1.807, 2.05) is 18.2 Å². The fraction of sp³-hybridized carbons (Fsp3) is 0.625. The van der Waals surface area contributed by atoms with E-state index in [1.54, 1.807) is 14.2 Å². The van der Waals surface area contributed by atoms with E-state index in [0.29, 0.717) is 6.54 Å². The minimum atomic E-state index is 0.141. The molecular formula is C16H26N2O3. The van der Waals surface area contributed by atoms with Gasteiger partial charge in [0.1, 0.15) is 11.5 Å². The number of benzene rings is 1. The predicted octanol–water partition coefficient (Wildman–Crippen LogP) is 1.81. The van der Waals surface area contributed by atoms with Crippen molar-refractivity contribution in [2.75, 3.05) is 33.9 Å². The molecule has 0 saturated carbocycles. The van der Waals surface area contributed by atoms with Gasteiger partial charge in [-0.25, -0.2) is 0 Å². The molecule has 1 saturated heterocycles. The van der Waals surface area contributed by atoms with Crippen LogP contribution in [0.15, 0.2) is 18.2 Å². The van der Waals surface area contributed by atoms with Crippen LogP contribution in [0.4, 0.5) is 0 Å². The second-order valence-corrected chi connectivity index (χ2v) is 5.61. The summed E-state index contributed by atoms with van der Waals surface area (Å²) in [6.45, 7) is 6.51. The van der Waals surface area contributed by atoms with Gasteiger partial charge >= 0.3 is 0 Å². The molecule has 1 heterocycles. The average molecular weight is 294 g/mol. The Balaban J connectivity index is 2.27. The van der Waals surface area contributed by atoms with Crippen LogP contribution in [-0.4, -0.2) is 51.0 Å². The Morgan fingerprint density at radius 2 is 1.67 bits per heavy atom. The monoisotopic (exact) mass is 294 g/mol. The topological polar surface area (TPSA) is 57.0 Å². The van der Waals surface area contributed by atoms with Gasteiger partial charge in [-0.15, -0.1) is 0 Å². The Hall–Kier alpha value is -1.30. The Labute approximate surface area is 127 Å². The van der Waals surface area contributed by atoms with Crippen molar-refractivity contribution in [1.29, 1.82) is 0 Å². The molecule has 5 heteroatoms. The molecule has 1 fully saturated rings. The number of methoxy groups -OCH3 is 2. The summed E-state index contributed by atoms with van der Waals surface area (Å²) in [6, 6.07) is 6.08. The van der Waals surface area contributed by atoms with Gasteiger partial charge < -0.3 is 19.9 Å². The van der Waals surface area contributed by atoms with Gasteiger partial charge in [0.25, 0.3) is 0 Å². The van der Waals surface area contributed by atoms with E-state index in [1.165, 1.54) is 0 Å². The molecule has 5 nitrogen and oxygen atoms in total. The molecule has 0 aliphatic carbocycles. The molecule has 1 aliphatic rings. The largest absolute Gasteiger partial charge is 0.497 e. The first kappa shape index (κ1) is 16.1. The first-order chi connectivity index (χ1) is 10.1. The SMILES string of the molecule is COc1cc(OC)cc([C@H](CN)N2C[C@@H](C)O[C@H](C)C2)c1. The lowest BCUT2D eigenvalue weighted by Gasteiger charge is -2.40. The first-order valence-electron chi connectivity index (χ1n) is 7.40. The summed E-state index contributed by atoms with van der Waals surface area (Å²) in [4.78, 5) is 2.38. The number of rotatable bonds is 5. The minimum absolute atomic E-state index is 0.141. The number of ether oxygens (including phenoxy) is 3. The van der Waals surface area contributed by atoms with Crippen LogP contribution in [0, 0.1) is 0 Å². The molecule has 0 spiro atoms. The van der Waals surface area contributed by atoms with Gasteiger partial charge in [-0.2, -0.15) is 0 Å². The molecule has 118 valence electrons.